The minimum absolute atomic E-state index is 0. The van der Waals surface area contributed by atoms with Crippen LogP contribution in [0.15, 0.2) is 37.4 Å². The van der Waals surface area contributed by atoms with Crippen LogP contribution in [-0.2, 0) is 56.3 Å². The van der Waals surface area contributed by atoms with Crippen LogP contribution < -0.4 is 9.97 Å². The maximum absolute atomic E-state index is 13.2. The molecule has 5 aromatic rings. The van der Waals surface area contributed by atoms with Crippen LogP contribution in [0.3, 0.4) is 0 Å². The molecule has 0 saturated carbocycles. The maximum atomic E-state index is 13.2. The summed E-state index contributed by atoms with van der Waals surface area (Å²) < 4.78 is 3.78. The van der Waals surface area contributed by atoms with Gasteiger partial charge in [-0.25, -0.2) is 19.9 Å². The Kier molecular flexibility index (Phi) is 16.9. The molecule has 7 rings (SSSR count). The fourth-order valence-electron chi connectivity index (χ4n) is 8.54. The Labute approximate surface area is 384 Å². The Hall–Kier alpha value is -6.89. The third kappa shape index (κ3) is 9.50. The van der Waals surface area contributed by atoms with Gasteiger partial charge in [0.15, 0.2) is 0 Å². The van der Waals surface area contributed by atoms with Crippen molar-refractivity contribution in [3.8, 4) is 0 Å². The Morgan fingerprint density at radius 2 is 0.708 bits per heavy atom. The SMILES string of the molecule is CCC1=C(CC)c2nc1c([N+](=O)[O-])c1nc(c([N+](=O)[O-])c3[n-]c(c(CC)c3CC)c([N+](=O)[O-])c3[n-]c(c(CC)c3CC)c2[N+](=O)[O-])C(CC)=C1CC.Cn1ccnc1.Cn1ccnc1.[Ni+2]. The molecule has 0 N–H and O–H groups in total. The van der Waals surface area contributed by atoms with Crippen LogP contribution >= 0.6 is 0 Å². The average molecular weight is 936 g/mol. The topological polar surface area (TPSA) is 262 Å². The number of fused-ring (bicyclic) bond motifs is 8. The largest absolute Gasteiger partial charge is 2.00 e. The van der Waals surface area contributed by atoms with Crippen molar-refractivity contribution in [1.82, 2.24) is 39.0 Å². The molecule has 21 heteroatoms. The quantitative estimate of drug-likeness (QED) is 0.0640. The Morgan fingerprint density at radius 3 is 0.892 bits per heavy atom. The Balaban J connectivity index is 0.000000614. The monoisotopic (exact) mass is 934 g/mol. The molecule has 0 unspecified atom stereocenters. The number of hydrogen-bond acceptors (Lipinski definition) is 12. The maximum Gasteiger partial charge on any atom is 2.00 e. The Morgan fingerprint density at radius 1 is 0.446 bits per heavy atom. The summed E-state index contributed by atoms with van der Waals surface area (Å²) in [5, 5.41) is 52.6. The van der Waals surface area contributed by atoms with Crippen LogP contribution in [0.1, 0.15) is 126 Å². The first kappa shape index (κ1) is 50.8. The fourth-order valence-corrected chi connectivity index (χ4v) is 8.54. The van der Waals surface area contributed by atoms with E-state index < -0.39 is 42.4 Å². The molecule has 0 aliphatic carbocycles. The van der Waals surface area contributed by atoms with Crippen molar-refractivity contribution in [2.45, 2.75) is 107 Å². The number of imidazole rings is 2. The summed E-state index contributed by atoms with van der Waals surface area (Å²) in [5.74, 6) is 0. The minimum atomic E-state index is -0.633. The molecule has 7 heterocycles. The second-order valence-electron chi connectivity index (χ2n) is 14.8. The van der Waals surface area contributed by atoms with Gasteiger partial charge < -0.3 is 19.1 Å². The van der Waals surface area contributed by atoms with Crippen LogP contribution in [0.25, 0.3) is 44.4 Å². The second kappa shape index (κ2) is 21.7. The first-order valence-electron chi connectivity index (χ1n) is 21.3. The molecule has 0 aromatic carbocycles. The van der Waals surface area contributed by atoms with E-state index in [1.807, 2.05) is 35.6 Å². The number of aryl methyl sites for hydroxylation is 6. The molecule has 0 saturated heterocycles. The van der Waals surface area contributed by atoms with Gasteiger partial charge in [0.25, 0.3) is 11.4 Å². The van der Waals surface area contributed by atoms with E-state index in [0.29, 0.717) is 44.5 Å². The zero-order valence-electron chi connectivity index (χ0n) is 38.1. The van der Waals surface area contributed by atoms with Gasteiger partial charge in [-0.2, -0.15) is 0 Å². The summed E-state index contributed by atoms with van der Waals surface area (Å²) in [4.78, 5) is 76.3. The number of rotatable bonds is 12. The van der Waals surface area contributed by atoms with Crippen molar-refractivity contribution in [2.75, 3.05) is 0 Å². The molecule has 346 valence electrons. The van der Waals surface area contributed by atoms with Gasteiger partial charge in [0.1, 0.15) is 22.8 Å². The number of nitro groups is 4. The number of hydrogen-bond donors (Lipinski definition) is 0. The van der Waals surface area contributed by atoms with E-state index in [9.17, 15) is 40.5 Å². The normalized spacial score (nSPS) is 12.0. The molecule has 0 spiro atoms. The minimum Gasteiger partial charge on any atom is -0.646 e. The summed E-state index contributed by atoms with van der Waals surface area (Å²) in [6.45, 7) is 14.1. The summed E-state index contributed by atoms with van der Waals surface area (Å²) >= 11 is 0. The summed E-state index contributed by atoms with van der Waals surface area (Å²) in [6, 6.07) is 0. The predicted molar refractivity (Wildman–Crippen MR) is 244 cm³/mol. The van der Waals surface area contributed by atoms with E-state index in [1.54, 1.807) is 80.4 Å². The number of nitrogens with zero attached hydrogens (tertiary/aromatic N) is 12. The van der Waals surface area contributed by atoms with Gasteiger partial charge in [0.05, 0.1) is 32.3 Å². The zero-order chi connectivity index (χ0) is 47.2. The van der Waals surface area contributed by atoms with Crippen molar-refractivity contribution in [3.05, 3.63) is 123 Å². The van der Waals surface area contributed by atoms with Gasteiger partial charge in [-0.3, -0.25) is 40.5 Å². The van der Waals surface area contributed by atoms with E-state index in [1.165, 1.54) is 0 Å². The molecule has 2 aliphatic rings. The predicted octanol–water partition coefficient (Wildman–Crippen LogP) is 9.75. The van der Waals surface area contributed by atoms with Crippen LogP contribution in [0, 0.1) is 40.5 Å². The molecule has 65 heavy (non-hydrogen) atoms. The first-order valence-corrected chi connectivity index (χ1v) is 21.3. The van der Waals surface area contributed by atoms with Gasteiger partial charge in [0, 0.05) is 38.9 Å². The molecular weight excluding hydrogens is 883 g/mol. The first-order chi connectivity index (χ1) is 30.6. The van der Waals surface area contributed by atoms with Crippen LogP contribution in [-0.4, -0.2) is 48.8 Å². The number of aromatic nitrogens is 8. The van der Waals surface area contributed by atoms with Crippen molar-refractivity contribution < 1.29 is 36.2 Å². The van der Waals surface area contributed by atoms with Gasteiger partial charge in [0.2, 0.25) is 5.69 Å². The molecule has 5 aromatic heterocycles. The van der Waals surface area contributed by atoms with Gasteiger partial charge in [-0.1, -0.05) is 99.7 Å². The smallest absolute Gasteiger partial charge is 0.646 e. The molecular formula is C44H52N12NiO8. The van der Waals surface area contributed by atoms with Gasteiger partial charge in [-0.15, -0.1) is 0 Å². The van der Waals surface area contributed by atoms with E-state index in [-0.39, 0.29) is 113 Å². The molecule has 0 radical (unpaired) electrons. The second-order valence-corrected chi connectivity index (χ2v) is 14.8. The molecule has 0 atom stereocenters. The summed E-state index contributed by atoms with van der Waals surface area (Å²) in [5.41, 5.74) is 0.172. The third-order valence-corrected chi connectivity index (χ3v) is 11.3. The van der Waals surface area contributed by atoms with Gasteiger partial charge >= 0.3 is 22.2 Å². The van der Waals surface area contributed by atoms with E-state index in [4.69, 9.17) is 0 Å². The van der Waals surface area contributed by atoms with Crippen molar-refractivity contribution in [3.63, 3.8) is 0 Å². The molecule has 0 fully saturated rings. The molecule has 20 nitrogen and oxygen atoms in total. The summed E-state index contributed by atoms with van der Waals surface area (Å²) in [6.07, 6.45) is 12.5. The van der Waals surface area contributed by atoms with Crippen LogP contribution in [0.2, 0.25) is 0 Å². The van der Waals surface area contributed by atoms with E-state index >= 15 is 0 Å². The standard InChI is InChI=1S/C36H40N8O8.2C4H6N2.Ni/c1-9-17-18(10-2)26-34(42(47)48)28-21(13-5)22(14-6)30(39-28)36(44(51)52)32-24(16-8)23(15-7)31(40-32)35(43(49)50)29-20(12-4)19(11-3)27(38-29)33(41(45)46)25(17)37-26;2*1-6-3-2-5-4-6;/h9-16H2,1-8H3;2*2-4H,1H3;/q-2;;;+2. The molecule has 0 amide bonds. The molecule has 2 aliphatic heterocycles. The van der Waals surface area contributed by atoms with E-state index in [0.717, 1.165) is 0 Å². The van der Waals surface area contributed by atoms with Crippen LogP contribution in [0.4, 0.5) is 22.7 Å². The summed E-state index contributed by atoms with van der Waals surface area (Å²) in [7, 11) is 3.88. The van der Waals surface area contributed by atoms with Crippen molar-refractivity contribution >= 4 is 67.1 Å². The third-order valence-electron chi connectivity index (χ3n) is 11.3. The fraction of sp³-hybridized carbons (Fsp3) is 0.409. The Bertz CT molecular complexity index is 2680. The zero-order valence-corrected chi connectivity index (χ0v) is 39.1. The van der Waals surface area contributed by atoms with Crippen LogP contribution in [0.5, 0.6) is 0 Å². The van der Waals surface area contributed by atoms with Gasteiger partial charge in [-0.05, 0) is 73.7 Å². The van der Waals surface area contributed by atoms with Crippen molar-refractivity contribution in [1.29, 1.82) is 0 Å². The molecule has 8 bridgehead atoms. The average Bonchev–Trinajstić information content (AvgIpc) is 4.13. The number of allylic oxidation sites excluding steroid dienone is 4. The van der Waals surface area contributed by atoms with Crippen molar-refractivity contribution in [2.24, 2.45) is 14.1 Å². The van der Waals surface area contributed by atoms with E-state index in [2.05, 4.69) is 29.9 Å².